The quantitative estimate of drug-likeness (QED) is 0.796. The van der Waals surface area contributed by atoms with Crippen LogP contribution in [0.15, 0.2) is 48.7 Å². The summed E-state index contributed by atoms with van der Waals surface area (Å²) in [6.07, 6.45) is 1.73. The Morgan fingerprint density at radius 1 is 1.18 bits per heavy atom. The summed E-state index contributed by atoms with van der Waals surface area (Å²) in [5.41, 5.74) is 2.11. The highest BCUT2D eigenvalue weighted by atomic mass is 16.5. The number of pyridine rings is 1. The van der Waals surface area contributed by atoms with Crippen molar-refractivity contribution >= 4 is 16.8 Å². The molecule has 0 unspecified atom stereocenters. The summed E-state index contributed by atoms with van der Waals surface area (Å²) >= 11 is 0. The van der Waals surface area contributed by atoms with Gasteiger partial charge in [-0.1, -0.05) is 6.07 Å². The highest BCUT2D eigenvalue weighted by Crippen LogP contribution is 2.13. The number of hydrogen-bond acceptors (Lipinski definition) is 5. The van der Waals surface area contributed by atoms with Crippen LogP contribution in [0.5, 0.6) is 5.88 Å². The Morgan fingerprint density at radius 2 is 2.09 bits per heavy atom. The number of methoxy groups -OCH3 is 1. The average Bonchev–Trinajstić information content (AvgIpc) is 2.59. The molecule has 6 nitrogen and oxygen atoms in total. The van der Waals surface area contributed by atoms with Gasteiger partial charge in [0.1, 0.15) is 0 Å². The van der Waals surface area contributed by atoms with Gasteiger partial charge in [-0.25, -0.2) is 0 Å². The van der Waals surface area contributed by atoms with Crippen LogP contribution < -0.4 is 10.1 Å². The molecule has 22 heavy (non-hydrogen) atoms. The zero-order valence-corrected chi connectivity index (χ0v) is 12.0. The molecule has 110 valence electrons. The van der Waals surface area contributed by atoms with E-state index in [1.807, 2.05) is 24.3 Å². The number of nitrogens with zero attached hydrogens (tertiary/aromatic N) is 3. The Balaban J connectivity index is 1.69. The first kappa shape index (κ1) is 13.9. The van der Waals surface area contributed by atoms with Gasteiger partial charge in [0.2, 0.25) is 5.88 Å². The van der Waals surface area contributed by atoms with Crippen molar-refractivity contribution < 1.29 is 9.53 Å². The van der Waals surface area contributed by atoms with E-state index in [9.17, 15) is 4.79 Å². The molecular formula is C16H14N4O2. The fourth-order valence-electron chi connectivity index (χ4n) is 2.04. The van der Waals surface area contributed by atoms with Gasteiger partial charge >= 0.3 is 0 Å². The minimum atomic E-state index is -0.164. The van der Waals surface area contributed by atoms with Crippen LogP contribution in [0.1, 0.15) is 16.1 Å². The van der Waals surface area contributed by atoms with Crippen molar-refractivity contribution in [3.63, 3.8) is 0 Å². The van der Waals surface area contributed by atoms with Crippen molar-refractivity contribution in [2.45, 2.75) is 6.54 Å². The molecular weight excluding hydrogens is 280 g/mol. The van der Waals surface area contributed by atoms with Gasteiger partial charge in [0.05, 0.1) is 24.9 Å². The van der Waals surface area contributed by atoms with Gasteiger partial charge in [0.15, 0.2) is 0 Å². The maximum absolute atomic E-state index is 12.2. The number of carbonyl (C=O) groups is 1. The van der Waals surface area contributed by atoms with Crippen LogP contribution in [0.25, 0.3) is 10.9 Å². The van der Waals surface area contributed by atoms with Gasteiger partial charge < -0.3 is 10.1 Å². The molecule has 0 radical (unpaired) electrons. The fourth-order valence-corrected chi connectivity index (χ4v) is 2.04. The molecule has 0 aliphatic carbocycles. The molecule has 0 spiro atoms. The molecule has 0 atom stereocenters. The van der Waals surface area contributed by atoms with Gasteiger partial charge in [0, 0.05) is 23.2 Å². The largest absolute Gasteiger partial charge is 0.480 e. The minimum Gasteiger partial charge on any atom is -0.480 e. The molecule has 0 saturated carbocycles. The zero-order chi connectivity index (χ0) is 15.4. The molecule has 2 heterocycles. The third-order valence-corrected chi connectivity index (χ3v) is 3.20. The monoisotopic (exact) mass is 294 g/mol. The van der Waals surface area contributed by atoms with E-state index in [-0.39, 0.29) is 5.91 Å². The number of hydrogen-bond donors (Lipinski definition) is 1. The van der Waals surface area contributed by atoms with Crippen molar-refractivity contribution in [3.8, 4) is 5.88 Å². The maximum Gasteiger partial charge on any atom is 0.251 e. The van der Waals surface area contributed by atoms with Crippen molar-refractivity contribution in [3.05, 3.63) is 59.9 Å². The zero-order valence-electron chi connectivity index (χ0n) is 12.0. The number of benzene rings is 1. The number of rotatable bonds is 4. The van der Waals surface area contributed by atoms with E-state index in [4.69, 9.17) is 4.74 Å². The Bertz CT molecular complexity index is 803. The van der Waals surface area contributed by atoms with Gasteiger partial charge in [0.25, 0.3) is 5.91 Å². The van der Waals surface area contributed by atoms with Crippen molar-refractivity contribution in [2.24, 2.45) is 0 Å². The third kappa shape index (κ3) is 3.01. The van der Waals surface area contributed by atoms with Crippen LogP contribution in [0.4, 0.5) is 0 Å². The number of amides is 1. The summed E-state index contributed by atoms with van der Waals surface area (Å²) in [7, 11) is 1.53. The van der Waals surface area contributed by atoms with E-state index in [0.717, 1.165) is 10.9 Å². The third-order valence-electron chi connectivity index (χ3n) is 3.20. The molecule has 0 aliphatic rings. The highest BCUT2D eigenvalue weighted by Gasteiger charge is 2.07. The molecule has 1 N–H and O–H groups in total. The highest BCUT2D eigenvalue weighted by molar-refractivity contribution is 5.97. The van der Waals surface area contributed by atoms with E-state index < -0.39 is 0 Å². The molecule has 0 fully saturated rings. The molecule has 6 heteroatoms. The number of carbonyl (C=O) groups excluding carboxylic acids is 1. The maximum atomic E-state index is 12.2. The lowest BCUT2D eigenvalue weighted by Crippen LogP contribution is -2.23. The summed E-state index contributed by atoms with van der Waals surface area (Å²) < 4.78 is 4.94. The van der Waals surface area contributed by atoms with Crippen molar-refractivity contribution in [1.29, 1.82) is 0 Å². The van der Waals surface area contributed by atoms with Crippen molar-refractivity contribution in [1.82, 2.24) is 20.5 Å². The van der Waals surface area contributed by atoms with E-state index in [1.165, 1.54) is 7.11 Å². The summed E-state index contributed by atoms with van der Waals surface area (Å²) in [4.78, 5) is 16.4. The lowest BCUT2D eigenvalue weighted by molar-refractivity contribution is 0.0950. The number of nitrogens with one attached hydrogen (secondary N) is 1. The van der Waals surface area contributed by atoms with E-state index in [2.05, 4.69) is 20.5 Å². The van der Waals surface area contributed by atoms with Gasteiger partial charge in [-0.2, -0.15) is 5.10 Å². The molecule has 0 bridgehead atoms. The van der Waals surface area contributed by atoms with Crippen molar-refractivity contribution in [2.75, 3.05) is 7.11 Å². The van der Waals surface area contributed by atoms with Crippen LogP contribution in [-0.2, 0) is 6.54 Å². The summed E-state index contributed by atoms with van der Waals surface area (Å²) in [5.74, 6) is 0.278. The molecule has 3 aromatic rings. The Kier molecular flexibility index (Phi) is 3.91. The predicted molar refractivity (Wildman–Crippen MR) is 81.5 cm³/mol. The first-order chi connectivity index (χ1) is 10.8. The standard InChI is InChI=1S/C16H14N4O2/c1-22-15-7-5-13(19-20-15)10-18-16(21)12-4-6-14-11(9-12)3-2-8-17-14/h2-9H,10H2,1H3,(H,18,21). The fraction of sp³-hybridized carbons (Fsp3) is 0.125. The molecule has 1 aromatic carbocycles. The first-order valence-corrected chi connectivity index (χ1v) is 6.76. The summed E-state index contributed by atoms with van der Waals surface area (Å²) in [6.45, 7) is 0.306. The number of ether oxygens (including phenoxy) is 1. The molecule has 0 aliphatic heterocycles. The van der Waals surface area contributed by atoms with Gasteiger partial charge in [-0.3, -0.25) is 9.78 Å². The van der Waals surface area contributed by atoms with E-state index >= 15 is 0 Å². The SMILES string of the molecule is COc1ccc(CNC(=O)c2ccc3ncccc3c2)nn1. The smallest absolute Gasteiger partial charge is 0.251 e. The lowest BCUT2D eigenvalue weighted by Gasteiger charge is -2.06. The van der Waals surface area contributed by atoms with Crippen LogP contribution in [0, 0.1) is 0 Å². The second-order valence-corrected chi connectivity index (χ2v) is 4.66. The second-order valence-electron chi connectivity index (χ2n) is 4.66. The molecule has 1 amide bonds. The van der Waals surface area contributed by atoms with Crippen LogP contribution in [0.2, 0.25) is 0 Å². The van der Waals surface area contributed by atoms with E-state index in [0.29, 0.717) is 23.7 Å². The Labute approximate surface area is 127 Å². The molecule has 3 rings (SSSR count). The van der Waals surface area contributed by atoms with Gasteiger partial charge in [-0.05, 0) is 30.3 Å². The second kappa shape index (κ2) is 6.17. The molecule has 2 aromatic heterocycles. The summed E-state index contributed by atoms with van der Waals surface area (Å²) in [6, 6.07) is 12.6. The van der Waals surface area contributed by atoms with Gasteiger partial charge in [-0.15, -0.1) is 5.10 Å². The Hall–Kier alpha value is -3.02. The molecule has 0 saturated heterocycles. The average molecular weight is 294 g/mol. The number of fused-ring (bicyclic) bond motifs is 1. The van der Waals surface area contributed by atoms with Crippen LogP contribution in [0.3, 0.4) is 0 Å². The van der Waals surface area contributed by atoms with Crippen LogP contribution in [-0.4, -0.2) is 28.2 Å². The van der Waals surface area contributed by atoms with Crippen LogP contribution >= 0.6 is 0 Å². The van der Waals surface area contributed by atoms with E-state index in [1.54, 1.807) is 24.4 Å². The number of aromatic nitrogens is 3. The normalized spacial score (nSPS) is 10.4. The lowest BCUT2D eigenvalue weighted by atomic mass is 10.1. The predicted octanol–water partition coefficient (Wildman–Crippen LogP) is 1.96. The minimum absolute atomic E-state index is 0.164. The summed E-state index contributed by atoms with van der Waals surface area (Å²) in [5, 5.41) is 11.6. The first-order valence-electron chi connectivity index (χ1n) is 6.76. The topological polar surface area (TPSA) is 77.0 Å². The Morgan fingerprint density at radius 3 is 2.86 bits per heavy atom.